The third-order valence-corrected chi connectivity index (χ3v) is 3.73. The van der Waals surface area contributed by atoms with Crippen LogP contribution in [0.4, 0.5) is 10.2 Å². The van der Waals surface area contributed by atoms with E-state index in [0.717, 1.165) is 21.6 Å². The van der Waals surface area contributed by atoms with Gasteiger partial charge in [0.2, 0.25) is 0 Å². The molecule has 0 aliphatic carbocycles. The fourth-order valence-corrected chi connectivity index (χ4v) is 2.79. The SMILES string of the molecule is CN(Cc1cccc(F)c1)c1ncnc2sccc12. The molecular weight excluding hydrogens is 261 g/mol. The minimum absolute atomic E-state index is 0.214. The number of hydrogen-bond acceptors (Lipinski definition) is 4. The Morgan fingerprint density at radius 2 is 2.16 bits per heavy atom. The largest absolute Gasteiger partial charge is 0.355 e. The van der Waals surface area contributed by atoms with Gasteiger partial charge in [0.15, 0.2) is 0 Å². The van der Waals surface area contributed by atoms with Crippen LogP contribution >= 0.6 is 11.3 Å². The highest BCUT2D eigenvalue weighted by Gasteiger charge is 2.10. The third kappa shape index (κ3) is 2.42. The fraction of sp³-hybridized carbons (Fsp3) is 0.143. The Kier molecular flexibility index (Phi) is 3.13. The molecule has 2 aromatic heterocycles. The molecule has 0 aliphatic rings. The summed E-state index contributed by atoms with van der Waals surface area (Å²) in [7, 11) is 1.95. The molecule has 0 spiro atoms. The van der Waals surface area contributed by atoms with Gasteiger partial charge in [-0.05, 0) is 29.1 Å². The first-order valence-electron chi connectivity index (χ1n) is 5.88. The molecule has 19 heavy (non-hydrogen) atoms. The first-order valence-corrected chi connectivity index (χ1v) is 6.76. The number of halogens is 1. The normalized spacial score (nSPS) is 10.8. The van der Waals surface area contributed by atoms with E-state index in [4.69, 9.17) is 0 Å². The Balaban J connectivity index is 1.91. The van der Waals surface area contributed by atoms with E-state index in [1.54, 1.807) is 29.8 Å². The van der Waals surface area contributed by atoms with Gasteiger partial charge in [0.05, 0.1) is 5.39 Å². The molecule has 0 amide bonds. The number of thiophene rings is 1. The molecule has 3 aromatic rings. The summed E-state index contributed by atoms with van der Waals surface area (Å²) in [6.07, 6.45) is 1.57. The molecule has 0 unspecified atom stereocenters. The second-order valence-corrected chi connectivity index (χ2v) is 5.22. The zero-order valence-electron chi connectivity index (χ0n) is 10.4. The predicted molar refractivity (Wildman–Crippen MR) is 75.9 cm³/mol. The maximum Gasteiger partial charge on any atom is 0.140 e. The average Bonchev–Trinajstić information content (AvgIpc) is 2.86. The molecule has 0 bridgehead atoms. The molecule has 0 fully saturated rings. The summed E-state index contributed by atoms with van der Waals surface area (Å²) in [5.74, 6) is 0.657. The maximum atomic E-state index is 13.2. The van der Waals surface area contributed by atoms with Crippen molar-refractivity contribution in [3.05, 3.63) is 53.4 Å². The summed E-state index contributed by atoms with van der Waals surface area (Å²) in [5, 5.41) is 3.03. The topological polar surface area (TPSA) is 29.0 Å². The van der Waals surface area contributed by atoms with Gasteiger partial charge in [-0.2, -0.15) is 0 Å². The van der Waals surface area contributed by atoms with Gasteiger partial charge in [-0.3, -0.25) is 0 Å². The van der Waals surface area contributed by atoms with E-state index in [0.29, 0.717) is 6.54 Å². The molecule has 5 heteroatoms. The molecule has 0 aliphatic heterocycles. The summed E-state index contributed by atoms with van der Waals surface area (Å²) >= 11 is 1.59. The van der Waals surface area contributed by atoms with E-state index in [1.165, 1.54) is 6.07 Å². The lowest BCUT2D eigenvalue weighted by atomic mass is 10.2. The number of rotatable bonds is 3. The van der Waals surface area contributed by atoms with Crippen molar-refractivity contribution in [3.8, 4) is 0 Å². The van der Waals surface area contributed by atoms with Crippen molar-refractivity contribution in [3.63, 3.8) is 0 Å². The van der Waals surface area contributed by atoms with Crippen molar-refractivity contribution < 1.29 is 4.39 Å². The summed E-state index contributed by atoms with van der Waals surface area (Å²) in [4.78, 5) is 11.5. The molecular formula is C14H12FN3S. The van der Waals surface area contributed by atoms with Crippen molar-refractivity contribution in [2.45, 2.75) is 6.54 Å². The van der Waals surface area contributed by atoms with Gasteiger partial charge in [-0.25, -0.2) is 14.4 Å². The first-order chi connectivity index (χ1) is 9.24. The Morgan fingerprint density at radius 1 is 1.26 bits per heavy atom. The molecule has 0 N–H and O–H groups in total. The van der Waals surface area contributed by atoms with Crippen LogP contribution in [0.3, 0.4) is 0 Å². The number of hydrogen-bond donors (Lipinski definition) is 0. The van der Waals surface area contributed by atoms with E-state index in [-0.39, 0.29) is 5.82 Å². The quantitative estimate of drug-likeness (QED) is 0.731. The van der Waals surface area contributed by atoms with Crippen LogP contribution in [0.25, 0.3) is 10.2 Å². The van der Waals surface area contributed by atoms with Gasteiger partial charge >= 0.3 is 0 Å². The van der Waals surface area contributed by atoms with Crippen LogP contribution in [0.5, 0.6) is 0 Å². The van der Waals surface area contributed by atoms with E-state index in [9.17, 15) is 4.39 Å². The molecule has 3 rings (SSSR count). The van der Waals surface area contributed by atoms with Crippen molar-refractivity contribution in [2.75, 3.05) is 11.9 Å². The smallest absolute Gasteiger partial charge is 0.140 e. The van der Waals surface area contributed by atoms with E-state index in [2.05, 4.69) is 9.97 Å². The second-order valence-electron chi connectivity index (χ2n) is 4.32. The van der Waals surface area contributed by atoms with Crippen molar-refractivity contribution in [1.82, 2.24) is 9.97 Å². The molecule has 3 nitrogen and oxygen atoms in total. The lowest BCUT2D eigenvalue weighted by molar-refractivity contribution is 0.625. The highest BCUT2D eigenvalue weighted by molar-refractivity contribution is 7.16. The summed E-state index contributed by atoms with van der Waals surface area (Å²) < 4.78 is 13.2. The van der Waals surface area contributed by atoms with Gasteiger partial charge in [-0.1, -0.05) is 12.1 Å². The van der Waals surface area contributed by atoms with Crippen LogP contribution in [-0.4, -0.2) is 17.0 Å². The van der Waals surface area contributed by atoms with Crippen molar-refractivity contribution >= 4 is 27.4 Å². The Hall–Kier alpha value is -2.01. The predicted octanol–water partition coefficient (Wildman–Crippen LogP) is 3.47. The Morgan fingerprint density at radius 3 is 3.00 bits per heavy atom. The van der Waals surface area contributed by atoms with E-state index >= 15 is 0 Å². The zero-order chi connectivity index (χ0) is 13.2. The lowest BCUT2D eigenvalue weighted by Crippen LogP contribution is -2.18. The summed E-state index contributed by atoms with van der Waals surface area (Å²) in [5.41, 5.74) is 0.921. The van der Waals surface area contributed by atoms with Crippen LogP contribution in [0.15, 0.2) is 42.0 Å². The molecule has 0 atom stereocenters. The standard InChI is InChI=1S/C14H12FN3S/c1-18(8-10-3-2-4-11(15)7-10)13-12-5-6-19-14(12)17-9-16-13/h2-7,9H,8H2,1H3. The van der Waals surface area contributed by atoms with Crippen molar-refractivity contribution in [2.24, 2.45) is 0 Å². The molecule has 1 aromatic carbocycles. The molecule has 0 saturated carbocycles. The van der Waals surface area contributed by atoms with Gasteiger partial charge in [0.25, 0.3) is 0 Å². The minimum atomic E-state index is -0.214. The number of aromatic nitrogens is 2. The summed E-state index contributed by atoms with van der Waals surface area (Å²) in [6, 6.07) is 8.63. The Labute approximate surface area is 114 Å². The highest BCUT2D eigenvalue weighted by Crippen LogP contribution is 2.26. The van der Waals surface area contributed by atoms with E-state index in [1.807, 2.05) is 29.5 Å². The zero-order valence-corrected chi connectivity index (χ0v) is 11.2. The first kappa shape index (κ1) is 12.0. The summed E-state index contributed by atoms with van der Waals surface area (Å²) in [6.45, 7) is 0.611. The van der Waals surface area contributed by atoms with Crippen molar-refractivity contribution in [1.29, 1.82) is 0 Å². The number of nitrogens with zero attached hydrogens (tertiary/aromatic N) is 3. The minimum Gasteiger partial charge on any atom is -0.355 e. The molecule has 0 radical (unpaired) electrons. The third-order valence-electron chi connectivity index (χ3n) is 2.91. The highest BCUT2D eigenvalue weighted by atomic mass is 32.1. The van der Waals surface area contributed by atoms with Crippen LogP contribution in [0.1, 0.15) is 5.56 Å². The molecule has 0 saturated heterocycles. The van der Waals surface area contributed by atoms with Crippen LogP contribution < -0.4 is 4.90 Å². The van der Waals surface area contributed by atoms with Gasteiger partial charge in [0.1, 0.15) is 22.8 Å². The average molecular weight is 273 g/mol. The van der Waals surface area contributed by atoms with E-state index < -0.39 is 0 Å². The van der Waals surface area contributed by atoms with Crippen LogP contribution in [-0.2, 0) is 6.54 Å². The van der Waals surface area contributed by atoms with Gasteiger partial charge < -0.3 is 4.90 Å². The number of benzene rings is 1. The fourth-order valence-electron chi connectivity index (χ4n) is 2.07. The Bertz CT molecular complexity index is 710. The van der Waals surface area contributed by atoms with Gasteiger partial charge in [0, 0.05) is 13.6 Å². The van der Waals surface area contributed by atoms with Crippen LogP contribution in [0.2, 0.25) is 0 Å². The maximum absolute atomic E-state index is 13.2. The molecule has 2 heterocycles. The van der Waals surface area contributed by atoms with Crippen LogP contribution in [0, 0.1) is 5.82 Å². The monoisotopic (exact) mass is 273 g/mol. The number of anilines is 1. The second kappa shape index (κ2) is 4.93. The van der Waals surface area contributed by atoms with Gasteiger partial charge in [-0.15, -0.1) is 11.3 Å². The lowest BCUT2D eigenvalue weighted by Gasteiger charge is -2.18. The number of fused-ring (bicyclic) bond motifs is 1. The molecule has 96 valence electrons.